The van der Waals surface area contributed by atoms with E-state index in [1.807, 2.05) is 0 Å². The van der Waals surface area contributed by atoms with Crippen LogP contribution in [0.25, 0.3) is 0 Å². The second kappa shape index (κ2) is 4.79. The fraction of sp³-hybridized carbons (Fsp3) is 0.600. The maximum atomic E-state index is 3.57. The number of rotatable bonds is 3. The summed E-state index contributed by atoms with van der Waals surface area (Å²) in [6.07, 6.45) is 7.76. The van der Waals surface area contributed by atoms with E-state index in [1.165, 1.54) is 37.7 Å². The van der Waals surface area contributed by atoms with E-state index >= 15 is 0 Å². The molecule has 3 rings (SSSR count). The van der Waals surface area contributed by atoms with Gasteiger partial charge in [-0.1, -0.05) is 49.6 Å². The van der Waals surface area contributed by atoms with Crippen molar-refractivity contribution in [2.24, 2.45) is 5.92 Å². The van der Waals surface area contributed by atoms with Gasteiger partial charge in [0.25, 0.3) is 0 Å². The normalized spacial score (nSPS) is 31.1. The van der Waals surface area contributed by atoms with Crippen LogP contribution < -0.4 is 5.43 Å². The summed E-state index contributed by atoms with van der Waals surface area (Å²) in [4.78, 5) is 0. The van der Waals surface area contributed by atoms with Gasteiger partial charge in [0.2, 0.25) is 0 Å². The first-order valence-corrected chi connectivity index (χ1v) is 6.96. The SMILES string of the molecule is C[C@H](c1ccccc1)N1N[C@H]1C1CCCCC1. The molecule has 2 fully saturated rings. The van der Waals surface area contributed by atoms with E-state index in [0.717, 1.165) is 5.92 Å². The highest BCUT2D eigenvalue weighted by molar-refractivity contribution is 5.19. The number of nitrogens with one attached hydrogen (secondary N) is 1. The van der Waals surface area contributed by atoms with Crippen LogP contribution in [0.2, 0.25) is 0 Å². The summed E-state index contributed by atoms with van der Waals surface area (Å²) < 4.78 is 0. The van der Waals surface area contributed by atoms with E-state index in [2.05, 4.69) is 47.7 Å². The lowest BCUT2D eigenvalue weighted by Gasteiger charge is -2.21. The molecule has 17 heavy (non-hydrogen) atoms. The summed E-state index contributed by atoms with van der Waals surface area (Å²) in [5.41, 5.74) is 4.99. The molecule has 1 aliphatic carbocycles. The molecule has 3 atom stereocenters. The Morgan fingerprint density at radius 2 is 1.82 bits per heavy atom. The molecule has 2 nitrogen and oxygen atoms in total. The first kappa shape index (κ1) is 11.2. The highest BCUT2D eigenvalue weighted by Crippen LogP contribution is 2.37. The van der Waals surface area contributed by atoms with Gasteiger partial charge in [-0.2, -0.15) is 0 Å². The molecule has 1 saturated heterocycles. The summed E-state index contributed by atoms with van der Waals surface area (Å²) in [5, 5.41) is 2.44. The smallest absolute Gasteiger partial charge is 0.0898 e. The Hall–Kier alpha value is -0.860. The van der Waals surface area contributed by atoms with Crippen molar-refractivity contribution >= 4 is 0 Å². The van der Waals surface area contributed by atoms with Gasteiger partial charge in [-0.25, -0.2) is 10.4 Å². The second-order valence-corrected chi connectivity index (χ2v) is 5.47. The summed E-state index contributed by atoms with van der Waals surface area (Å²) >= 11 is 0. The Kier molecular flexibility index (Phi) is 3.17. The number of nitrogens with zero attached hydrogens (tertiary/aromatic N) is 1. The van der Waals surface area contributed by atoms with Crippen LogP contribution in [-0.2, 0) is 0 Å². The summed E-state index contributed by atoms with van der Waals surface area (Å²) in [7, 11) is 0. The predicted molar refractivity (Wildman–Crippen MR) is 70.2 cm³/mol. The molecular weight excluding hydrogens is 208 g/mol. The van der Waals surface area contributed by atoms with E-state index in [0.29, 0.717) is 12.2 Å². The van der Waals surface area contributed by atoms with E-state index in [4.69, 9.17) is 0 Å². The molecule has 1 aromatic rings. The summed E-state index contributed by atoms with van der Waals surface area (Å²) in [6.45, 7) is 2.30. The zero-order valence-electron chi connectivity index (χ0n) is 10.6. The minimum absolute atomic E-state index is 0.503. The summed E-state index contributed by atoms with van der Waals surface area (Å²) in [5.74, 6) is 0.884. The molecule has 1 aromatic carbocycles. The van der Waals surface area contributed by atoms with Gasteiger partial charge in [0.1, 0.15) is 0 Å². The molecule has 0 spiro atoms. The average Bonchev–Trinajstić information content (AvgIpc) is 3.20. The second-order valence-electron chi connectivity index (χ2n) is 5.47. The Morgan fingerprint density at radius 1 is 1.12 bits per heavy atom. The maximum Gasteiger partial charge on any atom is 0.0898 e. The van der Waals surface area contributed by atoms with Crippen LogP contribution in [-0.4, -0.2) is 11.2 Å². The molecule has 0 radical (unpaired) electrons. The Balaban J connectivity index is 1.60. The van der Waals surface area contributed by atoms with Crippen molar-refractivity contribution in [3.05, 3.63) is 35.9 Å². The van der Waals surface area contributed by atoms with Crippen molar-refractivity contribution in [1.82, 2.24) is 10.4 Å². The van der Waals surface area contributed by atoms with Crippen molar-refractivity contribution in [1.29, 1.82) is 0 Å². The maximum absolute atomic E-state index is 3.57. The van der Waals surface area contributed by atoms with Crippen LogP contribution in [0.4, 0.5) is 0 Å². The van der Waals surface area contributed by atoms with Crippen LogP contribution in [0, 0.1) is 5.92 Å². The highest BCUT2D eigenvalue weighted by Gasteiger charge is 2.43. The quantitative estimate of drug-likeness (QED) is 0.804. The van der Waals surface area contributed by atoms with Crippen LogP contribution in [0.1, 0.15) is 50.6 Å². The molecule has 1 N–H and O–H groups in total. The molecule has 1 saturated carbocycles. The first-order valence-electron chi connectivity index (χ1n) is 6.96. The minimum Gasteiger partial charge on any atom is -0.234 e. The monoisotopic (exact) mass is 230 g/mol. The van der Waals surface area contributed by atoms with Gasteiger partial charge < -0.3 is 0 Å². The molecule has 1 unspecified atom stereocenters. The van der Waals surface area contributed by atoms with E-state index in [-0.39, 0.29) is 0 Å². The van der Waals surface area contributed by atoms with Crippen LogP contribution >= 0.6 is 0 Å². The molecule has 0 bridgehead atoms. The zero-order chi connectivity index (χ0) is 11.7. The zero-order valence-corrected chi connectivity index (χ0v) is 10.6. The third-order valence-corrected chi connectivity index (χ3v) is 4.31. The lowest BCUT2D eigenvalue weighted by atomic mass is 9.88. The molecule has 1 heterocycles. The first-order chi connectivity index (χ1) is 8.36. The van der Waals surface area contributed by atoms with Crippen molar-refractivity contribution in [2.75, 3.05) is 0 Å². The Labute approximate surface area is 104 Å². The predicted octanol–water partition coefficient (Wildman–Crippen LogP) is 3.47. The van der Waals surface area contributed by atoms with E-state index in [9.17, 15) is 0 Å². The van der Waals surface area contributed by atoms with Gasteiger partial charge in [-0.15, -0.1) is 0 Å². The number of hydrogen-bond donors (Lipinski definition) is 1. The summed E-state index contributed by atoms with van der Waals surface area (Å²) in [6, 6.07) is 11.3. The lowest BCUT2D eigenvalue weighted by molar-refractivity contribution is 0.286. The van der Waals surface area contributed by atoms with Gasteiger partial charge >= 0.3 is 0 Å². The fourth-order valence-electron chi connectivity index (χ4n) is 3.15. The largest absolute Gasteiger partial charge is 0.234 e. The van der Waals surface area contributed by atoms with Crippen molar-refractivity contribution in [3.63, 3.8) is 0 Å². The average molecular weight is 230 g/mol. The van der Waals surface area contributed by atoms with E-state index in [1.54, 1.807) is 0 Å². The van der Waals surface area contributed by atoms with Crippen LogP contribution in [0.15, 0.2) is 30.3 Å². The number of hydrazine groups is 1. The molecule has 0 amide bonds. The van der Waals surface area contributed by atoms with Gasteiger partial charge in [0.05, 0.1) is 6.17 Å². The lowest BCUT2D eigenvalue weighted by Crippen LogP contribution is -2.18. The van der Waals surface area contributed by atoms with Crippen molar-refractivity contribution < 1.29 is 0 Å². The molecule has 2 aliphatic rings. The molecular formula is C15H22N2. The Bertz CT molecular complexity index is 356. The third kappa shape index (κ3) is 2.38. The molecule has 92 valence electrons. The molecule has 0 aromatic heterocycles. The van der Waals surface area contributed by atoms with Gasteiger partial charge in [0, 0.05) is 6.04 Å². The van der Waals surface area contributed by atoms with Crippen LogP contribution in [0.3, 0.4) is 0 Å². The minimum atomic E-state index is 0.503. The van der Waals surface area contributed by atoms with Crippen molar-refractivity contribution in [2.45, 2.75) is 51.2 Å². The topological polar surface area (TPSA) is 25.0 Å². The third-order valence-electron chi connectivity index (χ3n) is 4.31. The molecule has 1 aliphatic heterocycles. The van der Waals surface area contributed by atoms with Gasteiger partial charge in [-0.05, 0) is 31.2 Å². The Morgan fingerprint density at radius 3 is 2.53 bits per heavy atom. The van der Waals surface area contributed by atoms with Crippen molar-refractivity contribution in [3.8, 4) is 0 Å². The van der Waals surface area contributed by atoms with Gasteiger partial charge in [0.15, 0.2) is 0 Å². The van der Waals surface area contributed by atoms with E-state index < -0.39 is 0 Å². The number of benzene rings is 1. The molecule has 2 heteroatoms. The van der Waals surface area contributed by atoms with Gasteiger partial charge in [-0.3, -0.25) is 0 Å². The standard InChI is InChI=1S/C15H22N2/c1-12(13-8-4-2-5-9-13)17-15(16-17)14-10-6-3-7-11-14/h2,4-5,8-9,12,14-16H,3,6-7,10-11H2,1H3/t12-,15-,17?/m1/s1. The highest BCUT2D eigenvalue weighted by atomic mass is 15.8. The van der Waals surface area contributed by atoms with Crippen LogP contribution in [0.5, 0.6) is 0 Å². The fourth-order valence-corrected chi connectivity index (χ4v) is 3.15. The number of hydrogen-bond acceptors (Lipinski definition) is 2.